The number of carbonyl (C=O) groups excluding carboxylic acids is 1. The Bertz CT molecular complexity index is 795. The molecule has 1 amide bonds. The molecular formula is C21H24N2O3. The Labute approximate surface area is 153 Å². The van der Waals surface area contributed by atoms with Gasteiger partial charge in [0, 0.05) is 24.7 Å². The van der Waals surface area contributed by atoms with Crippen LogP contribution < -0.4 is 0 Å². The Balaban J connectivity index is 1.67. The van der Waals surface area contributed by atoms with Crippen LogP contribution in [-0.2, 0) is 5.60 Å². The molecule has 2 N–H and O–H groups in total. The number of hydrogen-bond acceptors (Lipinski definition) is 4. The molecule has 1 saturated carbocycles. The highest BCUT2D eigenvalue weighted by atomic mass is 16.3. The summed E-state index contributed by atoms with van der Waals surface area (Å²) in [7, 11) is 0. The van der Waals surface area contributed by atoms with E-state index in [0.717, 1.165) is 31.2 Å². The number of likely N-dealkylation sites (tertiary alicyclic amines) is 1. The summed E-state index contributed by atoms with van der Waals surface area (Å²) in [5, 5.41) is 21.5. The smallest absolute Gasteiger partial charge is 0.259 e. The quantitative estimate of drug-likeness (QED) is 0.871. The lowest BCUT2D eigenvalue weighted by Gasteiger charge is -2.52. The number of pyridine rings is 1. The topological polar surface area (TPSA) is 73.7 Å². The van der Waals surface area contributed by atoms with Gasteiger partial charge in [-0.3, -0.25) is 4.79 Å². The summed E-state index contributed by atoms with van der Waals surface area (Å²) in [4.78, 5) is 18.7. The monoisotopic (exact) mass is 352 g/mol. The van der Waals surface area contributed by atoms with Crippen LogP contribution >= 0.6 is 0 Å². The van der Waals surface area contributed by atoms with Crippen molar-refractivity contribution in [2.24, 2.45) is 5.92 Å². The van der Waals surface area contributed by atoms with Gasteiger partial charge in [0.2, 0.25) is 5.88 Å². The fourth-order valence-electron chi connectivity index (χ4n) is 4.74. The molecule has 2 fully saturated rings. The zero-order chi connectivity index (χ0) is 18.1. The van der Waals surface area contributed by atoms with Crippen molar-refractivity contribution in [3.8, 4) is 5.88 Å². The van der Waals surface area contributed by atoms with Gasteiger partial charge in [-0.25, -0.2) is 4.98 Å². The van der Waals surface area contributed by atoms with Crippen LogP contribution in [0, 0.1) is 5.92 Å². The predicted molar refractivity (Wildman–Crippen MR) is 97.6 cm³/mol. The average Bonchev–Trinajstić information content (AvgIpc) is 2.69. The van der Waals surface area contributed by atoms with Gasteiger partial charge in [0.05, 0.1) is 5.60 Å². The molecule has 1 aromatic heterocycles. The van der Waals surface area contributed by atoms with Crippen molar-refractivity contribution in [1.29, 1.82) is 0 Å². The minimum absolute atomic E-state index is 0.00941. The maximum Gasteiger partial charge on any atom is 0.259 e. The molecule has 5 nitrogen and oxygen atoms in total. The van der Waals surface area contributed by atoms with Crippen molar-refractivity contribution in [2.45, 2.75) is 43.7 Å². The number of aromatic hydroxyl groups is 1. The molecule has 1 aromatic carbocycles. The van der Waals surface area contributed by atoms with Crippen molar-refractivity contribution in [3.05, 3.63) is 59.8 Å². The second-order valence-corrected chi connectivity index (χ2v) is 7.37. The van der Waals surface area contributed by atoms with E-state index in [1.165, 1.54) is 6.20 Å². The predicted octanol–water partition coefficient (Wildman–Crippen LogP) is 3.08. The van der Waals surface area contributed by atoms with Gasteiger partial charge in [0.15, 0.2) is 0 Å². The largest absolute Gasteiger partial charge is 0.493 e. The summed E-state index contributed by atoms with van der Waals surface area (Å²) in [6.07, 6.45) is 5.88. The van der Waals surface area contributed by atoms with Crippen molar-refractivity contribution in [1.82, 2.24) is 9.88 Å². The Hall–Kier alpha value is -2.40. The number of rotatable bonds is 2. The highest BCUT2D eigenvalue weighted by Crippen LogP contribution is 2.47. The molecule has 5 heteroatoms. The molecule has 2 heterocycles. The molecule has 0 bridgehead atoms. The van der Waals surface area contributed by atoms with Crippen LogP contribution in [0.5, 0.6) is 5.88 Å². The van der Waals surface area contributed by atoms with Crippen LogP contribution in [0.3, 0.4) is 0 Å². The van der Waals surface area contributed by atoms with E-state index in [4.69, 9.17) is 0 Å². The average molecular weight is 352 g/mol. The molecule has 0 unspecified atom stereocenters. The van der Waals surface area contributed by atoms with E-state index in [-0.39, 0.29) is 29.3 Å². The molecule has 0 radical (unpaired) electrons. The van der Waals surface area contributed by atoms with Gasteiger partial charge in [0.1, 0.15) is 5.56 Å². The molecule has 3 atom stereocenters. The van der Waals surface area contributed by atoms with Crippen LogP contribution in [-0.4, -0.2) is 38.6 Å². The summed E-state index contributed by atoms with van der Waals surface area (Å²) in [5.74, 6) is -0.411. The van der Waals surface area contributed by atoms with Crippen LogP contribution in [0.25, 0.3) is 0 Å². The lowest BCUT2D eigenvalue weighted by Crippen LogP contribution is -2.59. The summed E-state index contributed by atoms with van der Waals surface area (Å²) in [6, 6.07) is 13.1. The molecule has 2 aromatic rings. The van der Waals surface area contributed by atoms with Crippen LogP contribution in [0.4, 0.5) is 0 Å². The van der Waals surface area contributed by atoms with Gasteiger partial charge >= 0.3 is 0 Å². The normalized spacial score (nSPS) is 28.4. The van der Waals surface area contributed by atoms with Crippen LogP contribution in [0.1, 0.15) is 48.0 Å². The van der Waals surface area contributed by atoms with Crippen LogP contribution in [0.2, 0.25) is 0 Å². The minimum Gasteiger partial charge on any atom is -0.493 e. The summed E-state index contributed by atoms with van der Waals surface area (Å²) in [5.41, 5.74) is 0.273. The molecular weight excluding hydrogens is 328 g/mol. The number of fused-ring (bicyclic) bond motifs is 1. The van der Waals surface area contributed by atoms with E-state index in [1.54, 1.807) is 12.1 Å². The number of piperidine rings is 1. The van der Waals surface area contributed by atoms with Gasteiger partial charge in [-0.2, -0.15) is 0 Å². The van der Waals surface area contributed by atoms with Gasteiger partial charge < -0.3 is 15.1 Å². The van der Waals surface area contributed by atoms with E-state index in [2.05, 4.69) is 4.98 Å². The van der Waals surface area contributed by atoms with Crippen LogP contribution in [0.15, 0.2) is 48.7 Å². The molecule has 0 spiro atoms. The minimum atomic E-state index is -0.903. The third-order valence-corrected chi connectivity index (χ3v) is 6.03. The molecule has 1 saturated heterocycles. The number of amides is 1. The molecule has 1 aliphatic carbocycles. The molecule has 1 aliphatic heterocycles. The van der Waals surface area contributed by atoms with E-state index < -0.39 is 5.60 Å². The van der Waals surface area contributed by atoms with Crippen molar-refractivity contribution < 1.29 is 15.0 Å². The first-order valence-corrected chi connectivity index (χ1v) is 9.34. The van der Waals surface area contributed by atoms with Gasteiger partial charge in [-0.15, -0.1) is 0 Å². The number of benzene rings is 1. The molecule has 26 heavy (non-hydrogen) atoms. The standard InChI is InChI=1S/C21H24N2O3/c24-19-16(9-6-13-22-19)20(25)23-14-12-21(26,15-7-2-1-3-8-15)17-10-4-5-11-18(17)23/h1-3,6-9,13,17-18,26H,4-5,10-12,14H2,(H,22,24)/t17-,18+,21-/m0/s1. The highest BCUT2D eigenvalue weighted by Gasteiger charge is 2.50. The first-order chi connectivity index (χ1) is 12.6. The van der Waals surface area contributed by atoms with Crippen molar-refractivity contribution in [2.75, 3.05) is 6.54 Å². The maximum atomic E-state index is 13.1. The Morgan fingerprint density at radius 2 is 1.88 bits per heavy atom. The number of aliphatic hydroxyl groups is 1. The zero-order valence-electron chi connectivity index (χ0n) is 14.7. The van der Waals surface area contributed by atoms with Gasteiger partial charge in [-0.05, 0) is 37.0 Å². The zero-order valence-corrected chi connectivity index (χ0v) is 14.7. The second kappa shape index (κ2) is 6.72. The lowest BCUT2D eigenvalue weighted by molar-refractivity contribution is -0.110. The summed E-state index contributed by atoms with van der Waals surface area (Å²) >= 11 is 0. The summed E-state index contributed by atoms with van der Waals surface area (Å²) in [6.45, 7) is 0.472. The number of carbonyl (C=O) groups is 1. The maximum absolute atomic E-state index is 13.1. The Kier molecular flexibility index (Phi) is 4.41. The lowest BCUT2D eigenvalue weighted by atomic mass is 9.66. The molecule has 4 rings (SSSR count). The van der Waals surface area contributed by atoms with E-state index in [1.807, 2.05) is 35.2 Å². The molecule has 2 aliphatic rings. The van der Waals surface area contributed by atoms with Gasteiger partial charge in [0.25, 0.3) is 5.91 Å². The SMILES string of the molecule is O=C(c1cccnc1O)N1CC[C@](O)(c2ccccc2)[C@H]2CCCC[C@H]21. The summed E-state index contributed by atoms with van der Waals surface area (Å²) < 4.78 is 0. The van der Waals surface area contributed by atoms with E-state index >= 15 is 0 Å². The fourth-order valence-corrected chi connectivity index (χ4v) is 4.74. The second-order valence-electron chi connectivity index (χ2n) is 7.37. The van der Waals surface area contributed by atoms with Crippen molar-refractivity contribution in [3.63, 3.8) is 0 Å². The molecule has 136 valence electrons. The van der Waals surface area contributed by atoms with Crippen molar-refractivity contribution >= 4 is 5.91 Å². The number of nitrogens with zero attached hydrogens (tertiary/aromatic N) is 2. The Morgan fingerprint density at radius 3 is 2.65 bits per heavy atom. The third-order valence-electron chi connectivity index (χ3n) is 6.03. The van der Waals surface area contributed by atoms with E-state index in [0.29, 0.717) is 13.0 Å². The number of hydrogen-bond donors (Lipinski definition) is 2. The van der Waals surface area contributed by atoms with Gasteiger partial charge in [-0.1, -0.05) is 43.2 Å². The first-order valence-electron chi connectivity index (χ1n) is 9.34. The third kappa shape index (κ3) is 2.76. The first kappa shape index (κ1) is 17.0. The Morgan fingerprint density at radius 1 is 1.12 bits per heavy atom. The highest BCUT2D eigenvalue weighted by molar-refractivity contribution is 5.96. The number of aromatic nitrogens is 1. The van der Waals surface area contributed by atoms with E-state index in [9.17, 15) is 15.0 Å². The fraction of sp³-hybridized carbons (Fsp3) is 0.429.